The maximum absolute atomic E-state index is 10.5. The minimum Gasteiger partial charge on any atom is -0.301 e. The third-order valence-corrected chi connectivity index (χ3v) is 3.84. The van der Waals surface area contributed by atoms with Crippen molar-refractivity contribution in [2.45, 2.75) is 19.8 Å². The number of unbranched alkanes of at least 4 members (excludes halogenated alkanes) is 1. The molecule has 0 unspecified atom stereocenters. The Morgan fingerprint density at radius 1 is 1.06 bits per heavy atom. The van der Waals surface area contributed by atoms with Crippen LogP contribution < -0.4 is 0 Å². The van der Waals surface area contributed by atoms with Gasteiger partial charge in [0.1, 0.15) is 0 Å². The van der Waals surface area contributed by atoms with E-state index < -0.39 is 10.1 Å². The van der Waals surface area contributed by atoms with Crippen LogP contribution in [-0.4, -0.2) is 67.8 Å². The lowest BCUT2D eigenvalue weighted by Gasteiger charge is -2.33. The summed E-state index contributed by atoms with van der Waals surface area (Å²) in [5, 5.41) is 0. The van der Waals surface area contributed by atoms with Gasteiger partial charge in [0.05, 0.1) is 5.75 Å². The molecule has 0 aliphatic carbocycles. The molecule has 1 N–H and O–H groups in total. The summed E-state index contributed by atoms with van der Waals surface area (Å²) < 4.78 is 29.6. The van der Waals surface area contributed by atoms with Gasteiger partial charge in [-0.15, -0.1) is 0 Å². The molecule has 0 aromatic carbocycles. The molecule has 1 rings (SSSR count). The van der Waals surface area contributed by atoms with E-state index in [0.29, 0.717) is 6.42 Å². The van der Waals surface area contributed by atoms with E-state index in [4.69, 9.17) is 4.55 Å². The van der Waals surface area contributed by atoms with Crippen molar-refractivity contribution in [3.63, 3.8) is 0 Å². The van der Waals surface area contributed by atoms with E-state index in [0.717, 1.165) is 45.7 Å². The molecule has 0 aromatic heterocycles. The molecule has 1 fully saturated rings. The molecule has 6 heteroatoms. The van der Waals surface area contributed by atoms with Crippen molar-refractivity contribution in [2.75, 3.05) is 45.0 Å². The van der Waals surface area contributed by atoms with Crippen molar-refractivity contribution < 1.29 is 13.0 Å². The zero-order chi connectivity index (χ0) is 12.0. The fourth-order valence-corrected chi connectivity index (χ4v) is 2.52. The summed E-state index contributed by atoms with van der Waals surface area (Å²) in [6.07, 6.45) is 1.39. The molecule has 1 aliphatic heterocycles. The number of likely N-dealkylation sites (N-methyl/N-ethyl adjacent to an activating group) is 1. The first kappa shape index (κ1) is 13.9. The Morgan fingerprint density at radius 3 is 2.12 bits per heavy atom. The molecule has 5 nitrogen and oxygen atoms in total. The molecule has 0 amide bonds. The van der Waals surface area contributed by atoms with Crippen molar-refractivity contribution >= 4 is 10.1 Å². The summed E-state index contributed by atoms with van der Waals surface area (Å²) in [6, 6.07) is 0. The number of rotatable bonds is 6. The average molecular weight is 250 g/mol. The normalized spacial score (nSPS) is 20.1. The Balaban J connectivity index is 2.07. The van der Waals surface area contributed by atoms with Gasteiger partial charge in [-0.25, -0.2) is 0 Å². The fourth-order valence-electron chi connectivity index (χ4n) is 1.95. The molecule has 0 radical (unpaired) electrons. The van der Waals surface area contributed by atoms with Crippen molar-refractivity contribution in [2.24, 2.45) is 0 Å². The standard InChI is InChI=1S/C10H22N2O3S/c1-2-11-6-8-12(9-7-11)5-3-4-10-16(13,14)15/h2-10H2,1H3,(H,13,14,15). The molecule has 0 saturated carbocycles. The van der Waals surface area contributed by atoms with Crippen LogP contribution in [0.25, 0.3) is 0 Å². The van der Waals surface area contributed by atoms with Crippen LogP contribution in [-0.2, 0) is 10.1 Å². The second-order valence-electron chi connectivity index (χ2n) is 4.27. The van der Waals surface area contributed by atoms with Crippen LogP contribution in [0.5, 0.6) is 0 Å². The van der Waals surface area contributed by atoms with Crippen LogP contribution >= 0.6 is 0 Å². The maximum atomic E-state index is 10.5. The highest BCUT2D eigenvalue weighted by molar-refractivity contribution is 7.85. The Hall–Kier alpha value is -0.170. The first-order valence-corrected chi connectivity index (χ1v) is 7.52. The highest BCUT2D eigenvalue weighted by Crippen LogP contribution is 2.03. The monoisotopic (exact) mass is 250 g/mol. The zero-order valence-electron chi connectivity index (χ0n) is 9.93. The SMILES string of the molecule is CCN1CCN(CCCCS(=O)(=O)O)CC1. The van der Waals surface area contributed by atoms with E-state index in [1.54, 1.807) is 0 Å². The lowest BCUT2D eigenvalue weighted by Crippen LogP contribution is -2.46. The summed E-state index contributed by atoms with van der Waals surface area (Å²) in [5.74, 6) is -0.109. The smallest absolute Gasteiger partial charge is 0.264 e. The van der Waals surface area contributed by atoms with E-state index in [-0.39, 0.29) is 5.75 Å². The van der Waals surface area contributed by atoms with Crippen molar-refractivity contribution in [3.05, 3.63) is 0 Å². The van der Waals surface area contributed by atoms with E-state index in [9.17, 15) is 8.42 Å². The van der Waals surface area contributed by atoms with Gasteiger partial charge in [-0.2, -0.15) is 8.42 Å². The minimum atomic E-state index is -3.77. The van der Waals surface area contributed by atoms with E-state index in [1.807, 2.05) is 0 Å². The van der Waals surface area contributed by atoms with Crippen molar-refractivity contribution in [1.29, 1.82) is 0 Å². The lowest BCUT2D eigenvalue weighted by atomic mass is 10.2. The van der Waals surface area contributed by atoms with Gasteiger partial charge in [-0.1, -0.05) is 6.92 Å². The predicted octanol–water partition coefficient (Wildman–Crippen LogP) is 0.292. The van der Waals surface area contributed by atoms with Gasteiger partial charge in [-0.3, -0.25) is 4.55 Å². The molecule has 16 heavy (non-hydrogen) atoms. The molecule has 1 aliphatic rings. The Bertz CT molecular complexity index is 284. The van der Waals surface area contributed by atoms with Crippen LogP contribution in [0.2, 0.25) is 0 Å². The number of nitrogens with zero attached hydrogens (tertiary/aromatic N) is 2. The van der Waals surface area contributed by atoms with E-state index in [2.05, 4.69) is 16.7 Å². The molecular formula is C10H22N2O3S. The molecule has 1 saturated heterocycles. The first-order chi connectivity index (χ1) is 7.51. The molecule has 0 spiro atoms. The Morgan fingerprint density at radius 2 is 1.62 bits per heavy atom. The molecule has 0 atom stereocenters. The largest absolute Gasteiger partial charge is 0.301 e. The molecule has 0 aromatic rings. The predicted molar refractivity (Wildman–Crippen MR) is 64.2 cm³/mol. The zero-order valence-corrected chi connectivity index (χ0v) is 10.7. The van der Waals surface area contributed by atoms with E-state index >= 15 is 0 Å². The van der Waals surface area contributed by atoms with Gasteiger partial charge in [0.2, 0.25) is 0 Å². The number of hydrogen-bond donors (Lipinski definition) is 1. The highest BCUT2D eigenvalue weighted by Gasteiger charge is 2.14. The van der Waals surface area contributed by atoms with Crippen molar-refractivity contribution in [3.8, 4) is 0 Å². The summed E-state index contributed by atoms with van der Waals surface area (Å²) in [4.78, 5) is 4.77. The van der Waals surface area contributed by atoms with Crippen LogP contribution in [0.15, 0.2) is 0 Å². The third kappa shape index (κ3) is 5.79. The topological polar surface area (TPSA) is 60.9 Å². The summed E-state index contributed by atoms with van der Waals surface area (Å²) in [7, 11) is -3.77. The van der Waals surface area contributed by atoms with Crippen LogP contribution in [0.4, 0.5) is 0 Å². The second-order valence-corrected chi connectivity index (χ2v) is 5.84. The molecule has 0 bridgehead atoms. The minimum absolute atomic E-state index is 0.109. The Labute approximate surface area is 98.2 Å². The quantitative estimate of drug-likeness (QED) is 0.542. The van der Waals surface area contributed by atoms with Gasteiger partial charge < -0.3 is 9.80 Å². The van der Waals surface area contributed by atoms with Gasteiger partial charge in [0, 0.05) is 26.2 Å². The fraction of sp³-hybridized carbons (Fsp3) is 1.00. The van der Waals surface area contributed by atoms with E-state index in [1.165, 1.54) is 0 Å². The average Bonchev–Trinajstić information content (AvgIpc) is 2.24. The van der Waals surface area contributed by atoms with Crippen LogP contribution in [0.1, 0.15) is 19.8 Å². The second kappa shape index (κ2) is 6.54. The first-order valence-electron chi connectivity index (χ1n) is 5.91. The molecular weight excluding hydrogens is 228 g/mol. The number of hydrogen-bond acceptors (Lipinski definition) is 4. The summed E-state index contributed by atoms with van der Waals surface area (Å²) in [5.41, 5.74) is 0. The van der Waals surface area contributed by atoms with Gasteiger partial charge in [-0.05, 0) is 25.9 Å². The maximum Gasteiger partial charge on any atom is 0.264 e. The summed E-state index contributed by atoms with van der Waals surface area (Å²) >= 11 is 0. The van der Waals surface area contributed by atoms with Crippen LogP contribution in [0.3, 0.4) is 0 Å². The molecule has 96 valence electrons. The van der Waals surface area contributed by atoms with Gasteiger partial charge in [0.15, 0.2) is 0 Å². The van der Waals surface area contributed by atoms with Crippen LogP contribution in [0, 0.1) is 0 Å². The molecule has 1 heterocycles. The number of piperazine rings is 1. The van der Waals surface area contributed by atoms with Gasteiger partial charge in [0.25, 0.3) is 10.1 Å². The Kier molecular flexibility index (Phi) is 5.68. The van der Waals surface area contributed by atoms with Crippen molar-refractivity contribution in [1.82, 2.24) is 9.80 Å². The van der Waals surface area contributed by atoms with Gasteiger partial charge >= 0.3 is 0 Å². The third-order valence-electron chi connectivity index (χ3n) is 3.04. The lowest BCUT2D eigenvalue weighted by molar-refractivity contribution is 0.136. The highest BCUT2D eigenvalue weighted by atomic mass is 32.2. The summed E-state index contributed by atoms with van der Waals surface area (Å²) in [6.45, 7) is 8.56.